The minimum Gasteiger partial charge on any atom is -0.496 e. The molecular formula is C14H15ClN4O3. The largest absolute Gasteiger partial charge is 0.496 e. The molecule has 0 atom stereocenters. The summed E-state index contributed by atoms with van der Waals surface area (Å²) in [4.78, 5) is 15.4. The number of urea groups is 1. The van der Waals surface area contributed by atoms with E-state index >= 15 is 0 Å². The molecule has 0 saturated heterocycles. The van der Waals surface area contributed by atoms with E-state index < -0.39 is 6.03 Å². The number of pyridine rings is 1. The molecule has 8 heteroatoms. The van der Waals surface area contributed by atoms with Crippen molar-refractivity contribution in [1.29, 1.82) is 0 Å². The molecule has 0 aliphatic heterocycles. The molecule has 1 aromatic carbocycles. The molecule has 0 aliphatic carbocycles. The summed E-state index contributed by atoms with van der Waals surface area (Å²) < 4.78 is 10.9. The summed E-state index contributed by atoms with van der Waals surface area (Å²) in [5.41, 5.74) is 3.14. The Morgan fingerprint density at radius 2 is 2.18 bits per heavy atom. The summed E-state index contributed by atoms with van der Waals surface area (Å²) in [5.74, 6) is 5.93. The number of anilines is 1. The van der Waals surface area contributed by atoms with Crippen molar-refractivity contribution in [2.45, 2.75) is 6.61 Å². The van der Waals surface area contributed by atoms with Crippen LogP contribution < -0.4 is 26.1 Å². The van der Waals surface area contributed by atoms with Gasteiger partial charge in [0.25, 0.3) is 0 Å². The highest BCUT2D eigenvalue weighted by molar-refractivity contribution is 6.31. The van der Waals surface area contributed by atoms with Crippen molar-refractivity contribution < 1.29 is 14.3 Å². The highest BCUT2D eigenvalue weighted by Crippen LogP contribution is 2.29. The van der Waals surface area contributed by atoms with Crippen molar-refractivity contribution in [3.8, 4) is 11.6 Å². The Morgan fingerprint density at radius 3 is 2.86 bits per heavy atom. The number of nitrogens with one attached hydrogen (secondary N) is 2. The van der Waals surface area contributed by atoms with Crippen LogP contribution in [0.1, 0.15) is 5.56 Å². The molecule has 7 nitrogen and oxygen atoms in total. The summed E-state index contributed by atoms with van der Waals surface area (Å²) in [6.07, 6.45) is 1.57. The molecular weight excluding hydrogens is 308 g/mol. The quantitative estimate of drug-likeness (QED) is 0.446. The fourth-order valence-electron chi connectivity index (χ4n) is 1.80. The van der Waals surface area contributed by atoms with Crippen LogP contribution in [0.2, 0.25) is 5.02 Å². The summed E-state index contributed by atoms with van der Waals surface area (Å²) >= 11 is 6.00. The molecule has 2 aromatic rings. The second kappa shape index (κ2) is 7.48. The zero-order valence-electron chi connectivity index (χ0n) is 11.8. The standard InChI is InChI=1S/C14H15ClN4O3/c1-21-12-6-2-5-11(18-14(20)19-16)9(12)8-22-13-10(15)4-3-7-17-13/h2-7H,8,16H2,1H3,(H2,18,19,20). The SMILES string of the molecule is COc1cccc(NC(=O)NN)c1COc1ncccc1Cl. The third-order valence-electron chi connectivity index (χ3n) is 2.81. The Hall–Kier alpha value is -2.51. The van der Waals surface area contributed by atoms with Gasteiger partial charge in [0, 0.05) is 6.20 Å². The van der Waals surface area contributed by atoms with E-state index in [2.05, 4.69) is 10.3 Å². The molecule has 2 rings (SSSR count). The van der Waals surface area contributed by atoms with Crippen molar-refractivity contribution >= 4 is 23.3 Å². The molecule has 0 unspecified atom stereocenters. The average Bonchev–Trinajstić information content (AvgIpc) is 2.54. The van der Waals surface area contributed by atoms with E-state index in [0.717, 1.165) is 0 Å². The van der Waals surface area contributed by atoms with E-state index in [0.29, 0.717) is 27.9 Å². The molecule has 0 saturated carbocycles. The van der Waals surface area contributed by atoms with Gasteiger partial charge in [-0.15, -0.1) is 0 Å². The van der Waals surface area contributed by atoms with Crippen LogP contribution in [0.4, 0.5) is 10.5 Å². The van der Waals surface area contributed by atoms with Gasteiger partial charge in [-0.25, -0.2) is 15.6 Å². The summed E-state index contributed by atoms with van der Waals surface area (Å²) in [7, 11) is 1.53. The molecule has 0 aliphatic rings. The first-order valence-electron chi connectivity index (χ1n) is 6.32. The van der Waals surface area contributed by atoms with E-state index in [4.69, 9.17) is 26.9 Å². The van der Waals surface area contributed by atoms with E-state index in [1.54, 1.807) is 36.5 Å². The highest BCUT2D eigenvalue weighted by atomic mass is 35.5. The monoisotopic (exact) mass is 322 g/mol. The second-order valence-corrected chi connectivity index (χ2v) is 4.57. The lowest BCUT2D eigenvalue weighted by molar-refractivity contribution is 0.252. The topological polar surface area (TPSA) is 98.5 Å². The lowest BCUT2D eigenvalue weighted by atomic mass is 10.1. The van der Waals surface area contributed by atoms with E-state index in [-0.39, 0.29) is 6.61 Å². The zero-order valence-corrected chi connectivity index (χ0v) is 12.6. The van der Waals surface area contributed by atoms with Gasteiger partial charge in [-0.05, 0) is 24.3 Å². The number of ether oxygens (including phenoxy) is 2. The van der Waals surface area contributed by atoms with Crippen LogP contribution in [0.25, 0.3) is 0 Å². The van der Waals surface area contributed by atoms with Gasteiger partial charge in [-0.2, -0.15) is 0 Å². The average molecular weight is 323 g/mol. The molecule has 1 heterocycles. The first-order valence-corrected chi connectivity index (χ1v) is 6.70. The van der Waals surface area contributed by atoms with Crippen LogP contribution in [0, 0.1) is 0 Å². The number of hydrogen-bond acceptors (Lipinski definition) is 5. The number of halogens is 1. The molecule has 0 spiro atoms. The third-order valence-corrected chi connectivity index (χ3v) is 3.10. The molecule has 4 N–H and O–H groups in total. The number of methoxy groups -OCH3 is 1. The number of amides is 2. The summed E-state index contributed by atoms with van der Waals surface area (Å²) in [6, 6.07) is 8.03. The molecule has 0 radical (unpaired) electrons. The van der Waals surface area contributed by atoms with Gasteiger partial charge in [0.2, 0.25) is 5.88 Å². The summed E-state index contributed by atoms with van der Waals surface area (Å²) in [5, 5.41) is 2.99. The van der Waals surface area contributed by atoms with Crippen molar-refractivity contribution in [1.82, 2.24) is 10.4 Å². The van der Waals surface area contributed by atoms with Crippen LogP contribution in [0.15, 0.2) is 36.5 Å². The Bertz CT molecular complexity index is 666. The lowest BCUT2D eigenvalue weighted by Crippen LogP contribution is -2.34. The Balaban J connectivity index is 2.24. The van der Waals surface area contributed by atoms with Gasteiger partial charge in [0.05, 0.1) is 18.4 Å². The van der Waals surface area contributed by atoms with Crippen molar-refractivity contribution in [3.05, 3.63) is 47.1 Å². The van der Waals surface area contributed by atoms with Crippen LogP contribution in [-0.4, -0.2) is 18.1 Å². The Kier molecular flexibility index (Phi) is 5.40. The third kappa shape index (κ3) is 3.78. The number of carbonyl (C=O) groups excluding carboxylic acids is 1. The first-order chi connectivity index (χ1) is 10.7. The Morgan fingerprint density at radius 1 is 1.36 bits per heavy atom. The van der Waals surface area contributed by atoms with Crippen molar-refractivity contribution in [2.24, 2.45) is 5.84 Å². The number of benzene rings is 1. The van der Waals surface area contributed by atoms with Crippen molar-refractivity contribution in [3.63, 3.8) is 0 Å². The van der Waals surface area contributed by atoms with Gasteiger partial charge in [-0.3, -0.25) is 5.43 Å². The number of hydrogen-bond donors (Lipinski definition) is 3. The number of rotatable bonds is 5. The maximum absolute atomic E-state index is 11.4. The summed E-state index contributed by atoms with van der Waals surface area (Å²) in [6.45, 7) is 0.112. The van der Waals surface area contributed by atoms with Gasteiger partial charge < -0.3 is 14.8 Å². The number of carbonyl (C=O) groups is 1. The molecule has 1 aromatic heterocycles. The number of nitrogens with two attached hydrogens (primary N) is 1. The Labute approximate surface area is 132 Å². The molecule has 2 amide bonds. The van der Waals surface area contributed by atoms with Gasteiger partial charge in [0.15, 0.2) is 0 Å². The van der Waals surface area contributed by atoms with Gasteiger partial charge in [0.1, 0.15) is 17.4 Å². The van der Waals surface area contributed by atoms with E-state index in [1.807, 2.05) is 5.43 Å². The zero-order chi connectivity index (χ0) is 15.9. The fraction of sp³-hybridized carbons (Fsp3) is 0.143. The maximum Gasteiger partial charge on any atom is 0.333 e. The normalized spacial score (nSPS) is 9.95. The van der Waals surface area contributed by atoms with Crippen LogP contribution >= 0.6 is 11.6 Å². The van der Waals surface area contributed by atoms with Crippen molar-refractivity contribution in [2.75, 3.05) is 12.4 Å². The number of hydrazine groups is 1. The maximum atomic E-state index is 11.4. The van der Waals surface area contributed by atoms with E-state index in [9.17, 15) is 4.79 Å². The first kappa shape index (κ1) is 15.9. The van der Waals surface area contributed by atoms with Gasteiger partial charge in [-0.1, -0.05) is 17.7 Å². The molecule has 0 bridgehead atoms. The number of nitrogens with zero attached hydrogens (tertiary/aromatic N) is 1. The molecule has 0 fully saturated rings. The molecule has 22 heavy (non-hydrogen) atoms. The van der Waals surface area contributed by atoms with Crippen LogP contribution in [-0.2, 0) is 6.61 Å². The predicted molar refractivity (Wildman–Crippen MR) is 82.9 cm³/mol. The number of aromatic nitrogens is 1. The highest BCUT2D eigenvalue weighted by Gasteiger charge is 2.13. The van der Waals surface area contributed by atoms with Gasteiger partial charge >= 0.3 is 6.03 Å². The molecule has 116 valence electrons. The lowest BCUT2D eigenvalue weighted by Gasteiger charge is -2.15. The van der Waals surface area contributed by atoms with Crippen LogP contribution in [0.3, 0.4) is 0 Å². The minimum atomic E-state index is -0.551. The van der Waals surface area contributed by atoms with E-state index in [1.165, 1.54) is 7.11 Å². The minimum absolute atomic E-state index is 0.112. The predicted octanol–water partition coefficient (Wildman–Crippen LogP) is 2.32. The smallest absolute Gasteiger partial charge is 0.333 e. The fourth-order valence-corrected chi connectivity index (χ4v) is 1.98. The van der Waals surface area contributed by atoms with Crippen LogP contribution in [0.5, 0.6) is 11.6 Å². The second-order valence-electron chi connectivity index (χ2n) is 4.16.